The first kappa shape index (κ1) is 17.0. The minimum atomic E-state index is -1.02. The van der Waals surface area contributed by atoms with E-state index in [9.17, 15) is 9.59 Å². The van der Waals surface area contributed by atoms with Gasteiger partial charge in [0, 0.05) is 10.6 Å². The predicted octanol–water partition coefficient (Wildman–Crippen LogP) is 3.70. The number of hydrogen-bond donors (Lipinski definition) is 1. The van der Waals surface area contributed by atoms with Gasteiger partial charge in [0.15, 0.2) is 0 Å². The van der Waals surface area contributed by atoms with Crippen LogP contribution in [-0.4, -0.2) is 41.1 Å². The number of halogens is 1. The number of ether oxygens (including phenoxy) is 1. The van der Waals surface area contributed by atoms with Crippen molar-refractivity contribution in [1.82, 2.24) is 4.90 Å². The van der Waals surface area contributed by atoms with Crippen LogP contribution in [0.3, 0.4) is 0 Å². The Morgan fingerprint density at radius 1 is 1.25 bits per heavy atom. The summed E-state index contributed by atoms with van der Waals surface area (Å²) in [7, 11) is 0. The summed E-state index contributed by atoms with van der Waals surface area (Å²) >= 11 is 7.22. The first-order valence-electron chi connectivity index (χ1n) is 7.47. The van der Waals surface area contributed by atoms with Gasteiger partial charge in [0.1, 0.15) is 11.0 Å². The van der Waals surface area contributed by atoms with Crippen LogP contribution in [-0.2, 0) is 4.74 Å². The highest BCUT2D eigenvalue weighted by atomic mass is 35.5. The molecule has 3 rings (SSSR count). The molecule has 1 aliphatic rings. The Labute approximate surface area is 148 Å². The number of thiophene rings is 1. The van der Waals surface area contributed by atoms with Crippen molar-refractivity contribution in [3.05, 3.63) is 56.7 Å². The Balaban J connectivity index is 1.82. The molecule has 0 radical (unpaired) electrons. The van der Waals surface area contributed by atoms with Gasteiger partial charge in [-0.1, -0.05) is 29.8 Å². The molecule has 1 N–H and O–H groups in total. The van der Waals surface area contributed by atoms with Gasteiger partial charge in [-0.15, -0.1) is 11.3 Å². The maximum Gasteiger partial charge on any atom is 0.345 e. The summed E-state index contributed by atoms with van der Waals surface area (Å²) in [5.41, 5.74) is 0.848. The zero-order valence-corrected chi connectivity index (χ0v) is 14.5. The number of benzene rings is 1. The van der Waals surface area contributed by atoms with Gasteiger partial charge in [-0.3, -0.25) is 4.79 Å². The van der Waals surface area contributed by atoms with E-state index in [1.54, 1.807) is 17.0 Å². The molecule has 5 nitrogen and oxygen atoms in total. The standard InChI is InChI=1S/C17H16ClNO4S/c1-10-9-23-13(11-4-2-3-5-12(11)18)8-19(10)16(20)14-6-7-15(24-14)17(21)22/h2-7,10,13H,8-9H2,1H3,(H,21,22). The van der Waals surface area contributed by atoms with Gasteiger partial charge in [-0.25, -0.2) is 4.79 Å². The van der Waals surface area contributed by atoms with Crippen molar-refractivity contribution in [3.8, 4) is 0 Å². The van der Waals surface area contributed by atoms with Gasteiger partial charge >= 0.3 is 5.97 Å². The van der Waals surface area contributed by atoms with E-state index in [1.807, 2.05) is 25.1 Å². The van der Waals surface area contributed by atoms with Crippen molar-refractivity contribution in [2.45, 2.75) is 19.1 Å². The average molecular weight is 366 g/mol. The minimum Gasteiger partial charge on any atom is -0.477 e. The summed E-state index contributed by atoms with van der Waals surface area (Å²) < 4.78 is 5.85. The third-order valence-corrected chi connectivity index (χ3v) is 5.38. The molecule has 0 saturated carbocycles. The zero-order chi connectivity index (χ0) is 17.3. The second-order valence-corrected chi connectivity index (χ2v) is 7.11. The Morgan fingerprint density at radius 2 is 1.96 bits per heavy atom. The van der Waals surface area contributed by atoms with Crippen LogP contribution in [0.5, 0.6) is 0 Å². The van der Waals surface area contributed by atoms with Crippen LogP contribution in [0.4, 0.5) is 0 Å². The summed E-state index contributed by atoms with van der Waals surface area (Å²) in [5.74, 6) is -1.21. The first-order chi connectivity index (χ1) is 11.5. The van der Waals surface area contributed by atoms with Crippen LogP contribution in [0, 0.1) is 0 Å². The molecule has 0 aliphatic carbocycles. The fourth-order valence-corrected chi connectivity index (χ4v) is 3.73. The fourth-order valence-electron chi connectivity index (χ4n) is 2.67. The molecule has 2 aromatic rings. The maximum absolute atomic E-state index is 12.8. The highest BCUT2D eigenvalue weighted by Crippen LogP contribution is 2.31. The van der Waals surface area contributed by atoms with Gasteiger partial charge in [0.2, 0.25) is 0 Å². The van der Waals surface area contributed by atoms with Crippen LogP contribution in [0.2, 0.25) is 5.02 Å². The topological polar surface area (TPSA) is 66.8 Å². The summed E-state index contributed by atoms with van der Waals surface area (Å²) in [6.07, 6.45) is -0.294. The molecule has 0 spiro atoms. The third-order valence-electron chi connectivity index (χ3n) is 3.97. The largest absolute Gasteiger partial charge is 0.477 e. The molecule has 1 aliphatic heterocycles. The van der Waals surface area contributed by atoms with Gasteiger partial charge in [-0.2, -0.15) is 0 Å². The lowest BCUT2D eigenvalue weighted by atomic mass is 10.1. The number of hydrogen-bond acceptors (Lipinski definition) is 4. The molecule has 24 heavy (non-hydrogen) atoms. The van der Waals surface area contributed by atoms with E-state index in [0.29, 0.717) is 23.1 Å². The second-order valence-electron chi connectivity index (χ2n) is 5.62. The molecule has 1 saturated heterocycles. The Morgan fingerprint density at radius 3 is 2.62 bits per heavy atom. The first-order valence-corrected chi connectivity index (χ1v) is 8.67. The zero-order valence-electron chi connectivity index (χ0n) is 12.9. The van der Waals surface area contributed by atoms with E-state index in [0.717, 1.165) is 16.9 Å². The number of carboxylic acid groups (broad SMARTS) is 1. The number of amides is 1. The fraction of sp³-hybridized carbons (Fsp3) is 0.294. The number of carbonyl (C=O) groups excluding carboxylic acids is 1. The Hall–Kier alpha value is -1.89. The second kappa shape index (κ2) is 6.93. The van der Waals surface area contributed by atoms with Crippen molar-refractivity contribution in [1.29, 1.82) is 0 Å². The molecule has 1 fully saturated rings. The quantitative estimate of drug-likeness (QED) is 0.900. The highest BCUT2D eigenvalue weighted by molar-refractivity contribution is 7.15. The van der Waals surface area contributed by atoms with E-state index in [2.05, 4.69) is 0 Å². The molecular weight excluding hydrogens is 350 g/mol. The van der Waals surface area contributed by atoms with Gasteiger partial charge in [-0.05, 0) is 25.1 Å². The van der Waals surface area contributed by atoms with Gasteiger partial charge in [0.25, 0.3) is 5.91 Å². The Bertz CT molecular complexity index is 775. The summed E-state index contributed by atoms with van der Waals surface area (Å²) in [5, 5.41) is 9.62. The van der Waals surface area contributed by atoms with E-state index in [-0.39, 0.29) is 22.9 Å². The van der Waals surface area contributed by atoms with Crippen molar-refractivity contribution in [2.75, 3.05) is 13.2 Å². The lowest BCUT2D eigenvalue weighted by Gasteiger charge is -2.38. The highest BCUT2D eigenvalue weighted by Gasteiger charge is 2.32. The van der Waals surface area contributed by atoms with Crippen LogP contribution in [0.25, 0.3) is 0 Å². The molecule has 1 aromatic carbocycles. The lowest BCUT2D eigenvalue weighted by molar-refractivity contribution is -0.0484. The molecule has 126 valence electrons. The molecular formula is C17H16ClNO4S. The van der Waals surface area contributed by atoms with Crippen molar-refractivity contribution < 1.29 is 19.4 Å². The normalized spacial score (nSPS) is 20.8. The van der Waals surface area contributed by atoms with E-state index < -0.39 is 5.97 Å². The van der Waals surface area contributed by atoms with E-state index in [4.69, 9.17) is 21.4 Å². The van der Waals surface area contributed by atoms with E-state index >= 15 is 0 Å². The molecule has 2 unspecified atom stereocenters. The van der Waals surface area contributed by atoms with Crippen LogP contribution in [0.1, 0.15) is 37.9 Å². The number of carboxylic acids is 1. The number of aromatic carboxylic acids is 1. The SMILES string of the molecule is CC1COC(c2ccccc2Cl)CN1C(=O)c1ccc(C(=O)O)s1. The van der Waals surface area contributed by atoms with Gasteiger partial charge < -0.3 is 14.7 Å². The summed E-state index contributed by atoms with van der Waals surface area (Å²) in [4.78, 5) is 26.1. The van der Waals surface area contributed by atoms with Crippen molar-refractivity contribution in [3.63, 3.8) is 0 Å². The Kier molecular flexibility index (Phi) is 4.89. The van der Waals surface area contributed by atoms with Crippen LogP contribution < -0.4 is 0 Å². The molecule has 2 heterocycles. The molecule has 7 heteroatoms. The van der Waals surface area contributed by atoms with Crippen LogP contribution in [0.15, 0.2) is 36.4 Å². The van der Waals surface area contributed by atoms with E-state index in [1.165, 1.54) is 6.07 Å². The molecule has 2 atom stereocenters. The minimum absolute atomic E-state index is 0.0911. The van der Waals surface area contributed by atoms with Crippen molar-refractivity contribution in [2.24, 2.45) is 0 Å². The van der Waals surface area contributed by atoms with Crippen LogP contribution >= 0.6 is 22.9 Å². The number of carbonyl (C=O) groups is 2. The molecule has 1 aromatic heterocycles. The van der Waals surface area contributed by atoms with Gasteiger partial charge in [0.05, 0.1) is 24.1 Å². The smallest absolute Gasteiger partial charge is 0.345 e. The van der Waals surface area contributed by atoms with Crippen molar-refractivity contribution >= 4 is 34.8 Å². The predicted molar refractivity (Wildman–Crippen MR) is 91.9 cm³/mol. The number of morpholine rings is 1. The number of rotatable bonds is 3. The third kappa shape index (κ3) is 3.31. The summed E-state index contributed by atoms with van der Waals surface area (Å²) in [6, 6.07) is 10.3. The average Bonchev–Trinajstić information content (AvgIpc) is 3.06. The maximum atomic E-state index is 12.8. The molecule has 1 amide bonds. The number of nitrogens with zero attached hydrogens (tertiary/aromatic N) is 1. The monoisotopic (exact) mass is 365 g/mol. The molecule has 0 bridgehead atoms. The summed E-state index contributed by atoms with van der Waals surface area (Å²) in [6.45, 7) is 2.69. The lowest BCUT2D eigenvalue weighted by Crippen LogP contribution is -2.48.